The summed E-state index contributed by atoms with van der Waals surface area (Å²) in [6, 6.07) is 10.0. The van der Waals surface area contributed by atoms with E-state index in [1.165, 1.54) is 11.8 Å². The van der Waals surface area contributed by atoms with Gasteiger partial charge in [0.05, 0.1) is 5.57 Å². The summed E-state index contributed by atoms with van der Waals surface area (Å²) in [5.74, 6) is 0.401. The van der Waals surface area contributed by atoms with Crippen LogP contribution in [0, 0.1) is 0 Å². The minimum Gasteiger partial charge on any atom is -0.367 e. The van der Waals surface area contributed by atoms with E-state index >= 15 is 0 Å². The molecule has 3 N–H and O–H groups in total. The monoisotopic (exact) mass is 254 g/mol. The Labute approximate surface area is 110 Å². The number of ketones is 1. The van der Waals surface area contributed by atoms with Gasteiger partial charge in [-0.25, -0.2) is 4.99 Å². The highest BCUT2D eigenvalue weighted by molar-refractivity contribution is 6.16. The fraction of sp³-hybridized carbons (Fsp3) is 0.214. The molecule has 1 unspecified atom stereocenters. The zero-order valence-electron chi connectivity index (χ0n) is 10.3. The fourth-order valence-corrected chi connectivity index (χ4v) is 2.43. The largest absolute Gasteiger partial charge is 0.367 e. The van der Waals surface area contributed by atoms with Gasteiger partial charge in [-0.1, -0.05) is 30.3 Å². The average Bonchev–Trinajstić information content (AvgIpc) is 2.62. The third kappa shape index (κ3) is 2.27. The lowest BCUT2D eigenvalue weighted by Crippen LogP contribution is -2.24. The molecule has 1 heterocycles. The van der Waals surface area contributed by atoms with E-state index in [1.807, 2.05) is 30.3 Å². The van der Waals surface area contributed by atoms with Crippen LogP contribution >= 0.6 is 0 Å². The molecule has 19 heavy (non-hydrogen) atoms. The lowest BCUT2D eigenvalue weighted by atomic mass is 9.82. The number of rotatable bonds is 1. The Morgan fingerprint density at radius 1 is 1.21 bits per heavy atom. The molecule has 3 rings (SSSR count). The number of nitrogens with one attached hydrogen (secondary N) is 1. The van der Waals surface area contributed by atoms with Gasteiger partial charge in [0.1, 0.15) is 0 Å². The first kappa shape index (κ1) is 11.6. The summed E-state index contributed by atoms with van der Waals surface area (Å²) >= 11 is 0. The van der Waals surface area contributed by atoms with E-state index in [1.54, 1.807) is 0 Å². The maximum absolute atomic E-state index is 12.2. The van der Waals surface area contributed by atoms with E-state index in [0.717, 1.165) is 12.1 Å². The van der Waals surface area contributed by atoms with E-state index in [-0.39, 0.29) is 17.7 Å². The topological polar surface area (TPSA) is 79.8 Å². The molecule has 0 bridgehead atoms. The number of nitrogens with two attached hydrogens (primary N) is 1. The van der Waals surface area contributed by atoms with Crippen molar-refractivity contribution in [1.82, 2.24) is 5.43 Å². The summed E-state index contributed by atoms with van der Waals surface area (Å²) in [7, 11) is 0. The third-order valence-corrected chi connectivity index (χ3v) is 3.41. The number of carbonyl (C=O) groups excluding carboxylic acids is 1. The highest BCUT2D eigenvalue weighted by atomic mass is 16.1. The molecule has 96 valence electrons. The number of guanidine groups is 1. The second-order valence-electron chi connectivity index (χ2n) is 4.67. The van der Waals surface area contributed by atoms with Crippen LogP contribution in [0.2, 0.25) is 0 Å². The van der Waals surface area contributed by atoms with Crippen molar-refractivity contribution in [2.45, 2.75) is 18.8 Å². The van der Waals surface area contributed by atoms with Crippen molar-refractivity contribution in [3.05, 3.63) is 47.2 Å². The van der Waals surface area contributed by atoms with Gasteiger partial charge in [0.25, 0.3) is 0 Å². The summed E-state index contributed by atoms with van der Waals surface area (Å²) < 4.78 is 0. The van der Waals surface area contributed by atoms with Crippen molar-refractivity contribution >= 4 is 18.0 Å². The number of hydrogen-bond acceptors (Lipinski definition) is 5. The van der Waals surface area contributed by atoms with Crippen LogP contribution in [0.25, 0.3) is 0 Å². The van der Waals surface area contributed by atoms with E-state index in [2.05, 4.69) is 15.5 Å². The van der Waals surface area contributed by atoms with Gasteiger partial charge in [-0.3, -0.25) is 10.2 Å². The molecular formula is C14H14N4O. The van der Waals surface area contributed by atoms with Crippen LogP contribution < -0.4 is 11.2 Å². The summed E-state index contributed by atoms with van der Waals surface area (Å²) in [4.78, 5) is 16.1. The van der Waals surface area contributed by atoms with Crippen LogP contribution in [0.5, 0.6) is 0 Å². The van der Waals surface area contributed by atoms with Gasteiger partial charge in [-0.05, 0) is 17.9 Å². The minimum atomic E-state index is 0.0799. The van der Waals surface area contributed by atoms with E-state index in [9.17, 15) is 4.79 Å². The van der Waals surface area contributed by atoms with Crippen molar-refractivity contribution < 1.29 is 4.79 Å². The third-order valence-electron chi connectivity index (χ3n) is 3.41. The highest BCUT2D eigenvalue weighted by Crippen LogP contribution is 2.33. The first-order valence-electron chi connectivity index (χ1n) is 6.18. The van der Waals surface area contributed by atoms with Gasteiger partial charge in [0.2, 0.25) is 5.96 Å². The van der Waals surface area contributed by atoms with Gasteiger partial charge in [-0.15, -0.1) is 5.10 Å². The fourth-order valence-electron chi connectivity index (χ4n) is 2.43. The van der Waals surface area contributed by atoms with Crippen molar-refractivity contribution in [3.63, 3.8) is 0 Å². The average molecular weight is 254 g/mol. The SMILES string of the molecule is NC1=NNC2=C(C=N1)C(=O)CC(c1ccccc1)C2. The Morgan fingerprint density at radius 3 is 2.79 bits per heavy atom. The van der Waals surface area contributed by atoms with E-state index in [4.69, 9.17) is 5.73 Å². The number of allylic oxidation sites excluding steroid dienone is 2. The summed E-state index contributed by atoms with van der Waals surface area (Å²) in [5.41, 5.74) is 11.0. The summed E-state index contributed by atoms with van der Waals surface area (Å²) in [5, 5.41) is 3.91. The molecule has 2 aliphatic rings. The number of hydrazone groups is 1. The molecule has 5 heteroatoms. The van der Waals surface area contributed by atoms with Crippen LogP contribution in [0.1, 0.15) is 24.3 Å². The smallest absolute Gasteiger partial charge is 0.237 e. The lowest BCUT2D eigenvalue weighted by Gasteiger charge is -2.24. The van der Waals surface area contributed by atoms with Crippen molar-refractivity contribution in [2.75, 3.05) is 0 Å². The number of nitrogens with zero attached hydrogens (tertiary/aromatic N) is 2. The first-order valence-corrected chi connectivity index (χ1v) is 6.18. The predicted octanol–water partition coefficient (Wildman–Crippen LogP) is 1.29. The predicted molar refractivity (Wildman–Crippen MR) is 73.7 cm³/mol. The molecule has 0 saturated carbocycles. The van der Waals surface area contributed by atoms with Crippen LogP contribution in [-0.4, -0.2) is 18.0 Å². The molecule has 0 spiro atoms. The van der Waals surface area contributed by atoms with Crippen molar-refractivity contribution in [3.8, 4) is 0 Å². The van der Waals surface area contributed by atoms with Crippen LogP contribution in [-0.2, 0) is 4.79 Å². The highest BCUT2D eigenvalue weighted by Gasteiger charge is 2.28. The second kappa shape index (κ2) is 4.68. The molecule has 0 fully saturated rings. The molecule has 5 nitrogen and oxygen atoms in total. The number of Topliss-reactive ketones (excluding diaryl/α,β-unsaturated/α-hetero) is 1. The molecule has 1 aliphatic heterocycles. The van der Waals surface area contributed by atoms with Crippen LogP contribution in [0.3, 0.4) is 0 Å². The Hall–Kier alpha value is -2.43. The maximum Gasteiger partial charge on any atom is 0.237 e. The molecule has 0 radical (unpaired) electrons. The Kier molecular flexibility index (Phi) is 2.87. The summed E-state index contributed by atoms with van der Waals surface area (Å²) in [6.45, 7) is 0. The van der Waals surface area contributed by atoms with Crippen LogP contribution in [0.15, 0.2) is 51.7 Å². The number of aliphatic imine (C=N–C) groups is 1. The van der Waals surface area contributed by atoms with Crippen molar-refractivity contribution in [2.24, 2.45) is 15.8 Å². The quantitative estimate of drug-likeness (QED) is 0.792. The standard InChI is InChI=1S/C14H14N4O/c15-14-16-8-11-12(17-18-14)6-10(7-13(11)19)9-4-2-1-3-5-9/h1-5,8,10,17H,6-7H2,(H2,15,18). The van der Waals surface area contributed by atoms with Gasteiger partial charge in [0.15, 0.2) is 5.78 Å². The van der Waals surface area contributed by atoms with Gasteiger partial charge in [0, 0.05) is 18.3 Å². The number of carbonyl (C=O) groups is 1. The van der Waals surface area contributed by atoms with E-state index < -0.39 is 0 Å². The summed E-state index contributed by atoms with van der Waals surface area (Å²) in [6.07, 6.45) is 2.75. The molecule has 1 aromatic carbocycles. The minimum absolute atomic E-state index is 0.0799. The van der Waals surface area contributed by atoms with Crippen molar-refractivity contribution in [1.29, 1.82) is 0 Å². The normalized spacial score (nSPS) is 22.4. The zero-order valence-corrected chi connectivity index (χ0v) is 10.3. The van der Waals surface area contributed by atoms with E-state index in [0.29, 0.717) is 12.0 Å². The molecular weight excluding hydrogens is 240 g/mol. The Bertz CT molecular complexity index is 601. The zero-order chi connectivity index (χ0) is 13.2. The van der Waals surface area contributed by atoms with Crippen LogP contribution in [0.4, 0.5) is 0 Å². The first-order chi connectivity index (χ1) is 9.24. The van der Waals surface area contributed by atoms with Gasteiger partial charge in [-0.2, -0.15) is 0 Å². The molecule has 0 amide bonds. The Balaban J connectivity index is 1.92. The van der Waals surface area contributed by atoms with Gasteiger partial charge >= 0.3 is 0 Å². The number of hydrogen-bond donors (Lipinski definition) is 2. The molecule has 0 saturated heterocycles. The number of benzene rings is 1. The molecule has 1 aliphatic carbocycles. The van der Waals surface area contributed by atoms with Gasteiger partial charge < -0.3 is 5.73 Å². The molecule has 0 aromatic heterocycles. The second-order valence-corrected chi connectivity index (χ2v) is 4.67. The maximum atomic E-state index is 12.2. The molecule has 1 aromatic rings. The molecule has 1 atom stereocenters. The lowest BCUT2D eigenvalue weighted by molar-refractivity contribution is -0.115. The Morgan fingerprint density at radius 2 is 2.00 bits per heavy atom.